The van der Waals surface area contributed by atoms with Gasteiger partial charge in [-0.25, -0.2) is 0 Å². The van der Waals surface area contributed by atoms with Gasteiger partial charge in [0.25, 0.3) is 0 Å². The monoisotopic (exact) mass is 926 g/mol. The van der Waals surface area contributed by atoms with E-state index in [1.807, 2.05) is 12.1 Å². The van der Waals surface area contributed by atoms with Gasteiger partial charge in [0.15, 0.2) is 17.6 Å². The summed E-state index contributed by atoms with van der Waals surface area (Å²) in [6.07, 6.45) is 24.3. The molecular formula is C57H73N4O7+. The predicted molar refractivity (Wildman–Crippen MR) is 268 cm³/mol. The van der Waals surface area contributed by atoms with Crippen LogP contribution in [0.25, 0.3) is 22.9 Å². The van der Waals surface area contributed by atoms with Gasteiger partial charge in [-0.2, -0.15) is 0 Å². The van der Waals surface area contributed by atoms with Crippen molar-refractivity contribution < 1.29 is 35.0 Å². The molecule has 0 saturated heterocycles. The number of aryl methyl sites for hydroxylation is 1. The van der Waals surface area contributed by atoms with Crippen molar-refractivity contribution in [3.05, 3.63) is 111 Å². The maximum atomic E-state index is 11.7. The van der Waals surface area contributed by atoms with E-state index in [1.54, 1.807) is 13.0 Å². The average Bonchev–Trinajstić information content (AvgIpc) is 4.16. The largest absolute Gasteiger partial charge is 0.504 e. The molecule has 3 aromatic carbocycles. The number of phenols is 1. The van der Waals surface area contributed by atoms with Crippen LogP contribution in [0.4, 0.5) is 0 Å². The van der Waals surface area contributed by atoms with E-state index in [9.17, 15) is 25.5 Å². The first-order chi connectivity index (χ1) is 33.1. The van der Waals surface area contributed by atoms with Crippen LogP contribution in [0.2, 0.25) is 0 Å². The molecule has 0 spiro atoms. The van der Waals surface area contributed by atoms with Crippen LogP contribution in [0.15, 0.2) is 81.9 Å². The molecule has 4 aliphatic carbocycles. The Hall–Kier alpha value is -4.46. The average molecular weight is 926 g/mol. The fourth-order valence-corrected chi connectivity index (χ4v) is 13.1. The number of hydrogen-bond acceptors (Lipinski definition) is 10. The van der Waals surface area contributed by atoms with Gasteiger partial charge in [-0.15, -0.1) is 16.6 Å². The van der Waals surface area contributed by atoms with Crippen molar-refractivity contribution in [1.82, 2.24) is 5.32 Å². The number of aliphatic hydroxyl groups excluding tert-OH is 4. The lowest BCUT2D eigenvalue weighted by Crippen LogP contribution is -2.42. The van der Waals surface area contributed by atoms with Crippen molar-refractivity contribution in [3.63, 3.8) is 0 Å². The number of aliphatic imine (C=N–C) groups is 1. The van der Waals surface area contributed by atoms with Crippen molar-refractivity contribution in [2.75, 3.05) is 32.8 Å². The minimum absolute atomic E-state index is 0.00211. The quantitative estimate of drug-likeness (QED) is 0.0435. The molecule has 10 rings (SSSR count). The fraction of sp³-hybridized carbons (Fsp3) is 0.544. The minimum Gasteiger partial charge on any atom is -0.504 e. The Balaban J connectivity index is 0.663. The van der Waals surface area contributed by atoms with Gasteiger partial charge in [-0.1, -0.05) is 68.5 Å². The summed E-state index contributed by atoms with van der Waals surface area (Å²) < 4.78 is 11.1. The third kappa shape index (κ3) is 10.1. The number of unbranched alkanes of at least 4 members (excludes halogenated alkanes) is 1. The number of allylic oxidation sites excluding steroid dienone is 1. The molecule has 9 N–H and O–H groups in total. The molecule has 7 aliphatic rings. The first-order valence-corrected chi connectivity index (χ1v) is 25.9. The molecule has 11 nitrogen and oxygen atoms in total. The number of phenolic OH excluding ortho intramolecular Hbond substituents is 1. The third-order valence-electron chi connectivity index (χ3n) is 16.7. The Morgan fingerprint density at radius 2 is 1.91 bits per heavy atom. The maximum Gasteiger partial charge on any atom is 0.208 e. The van der Waals surface area contributed by atoms with Crippen LogP contribution in [0.1, 0.15) is 113 Å². The van der Waals surface area contributed by atoms with Gasteiger partial charge >= 0.3 is 0 Å². The van der Waals surface area contributed by atoms with Gasteiger partial charge in [-0.3, -0.25) is 4.99 Å². The number of aliphatic hydroxyl groups is 6. The second-order valence-electron chi connectivity index (χ2n) is 21.2. The van der Waals surface area contributed by atoms with Crippen molar-refractivity contribution >= 4 is 28.6 Å². The molecule has 0 amide bonds. The van der Waals surface area contributed by atoms with Crippen molar-refractivity contribution in [3.8, 4) is 11.5 Å². The summed E-state index contributed by atoms with van der Waals surface area (Å²) in [4.78, 5) is 9.53. The molecular weight excluding hydrogens is 853 g/mol. The van der Waals surface area contributed by atoms with Crippen molar-refractivity contribution in [1.29, 1.82) is 0 Å². The molecule has 3 aliphatic heterocycles. The SMILES string of the molecule is CC(O)CNCC1[C+]2C=C(C(O)COc3cc(CC[C-]4C=C(CO)C(CCCCC5CCC(C6C=Cc7c(ccc8cc9c(cc78)=CCN=9)C6O)C(N)C5)[OH+]4)ccc3O)N=C2CCC2CCCC21. The topological polar surface area (TPSA) is 186 Å². The Morgan fingerprint density at radius 3 is 2.76 bits per heavy atom. The Bertz CT molecular complexity index is 2550. The molecule has 3 heterocycles. The summed E-state index contributed by atoms with van der Waals surface area (Å²) in [6.45, 7) is 3.85. The lowest BCUT2D eigenvalue weighted by Gasteiger charge is -2.41. The number of nitrogens with one attached hydrogen (secondary N) is 1. The zero-order valence-corrected chi connectivity index (χ0v) is 39.8. The summed E-state index contributed by atoms with van der Waals surface area (Å²) in [5.74, 6) is 4.02. The van der Waals surface area contributed by atoms with E-state index in [2.05, 4.69) is 65.0 Å². The number of nitrogens with two attached hydrogens (primary N) is 1. The van der Waals surface area contributed by atoms with Gasteiger partial charge in [-0.05, 0) is 132 Å². The highest BCUT2D eigenvalue weighted by Crippen LogP contribution is 2.49. The molecule has 11 unspecified atom stereocenters. The van der Waals surface area contributed by atoms with Crippen LogP contribution >= 0.6 is 0 Å². The van der Waals surface area contributed by atoms with Crippen molar-refractivity contribution in [2.24, 2.45) is 51.2 Å². The summed E-state index contributed by atoms with van der Waals surface area (Å²) in [6, 6.07) is 14.1. The molecule has 3 fully saturated rings. The molecule has 11 heteroatoms. The standard InChI is InChI=1S/C57H72N4O7/c1-33(63)29-59-30-48-41-7-4-6-36(41)13-19-50-47(48)28-52(61-50)54(65)32-67-56-24-35(11-20-53(56)64)9-14-40-25-39(31-62)55(68-40)8-3-2-5-34-10-15-43(49(58)23-34)45-18-17-42-44(57(45)66)16-12-37-27-51-38(21-22-60-51)26-46(37)42/h11-12,16-18,20-21,24-28,33-34,36,41,43,45,48-49,54-55,57,59,62-63,65-66,68H,2-10,13-15,19,22-23,29-32,58H2,1H3/p+1. The normalized spacial score (nSPS) is 29.3. The van der Waals surface area contributed by atoms with E-state index >= 15 is 0 Å². The van der Waals surface area contributed by atoms with Crippen LogP contribution in [0.5, 0.6) is 11.5 Å². The van der Waals surface area contributed by atoms with Crippen LogP contribution in [-0.2, 0) is 6.42 Å². The smallest absolute Gasteiger partial charge is 0.208 e. The van der Waals surface area contributed by atoms with Gasteiger partial charge in [0.2, 0.25) is 5.70 Å². The van der Waals surface area contributed by atoms with Crippen LogP contribution in [-0.4, -0.2) is 93.2 Å². The number of benzene rings is 3. The van der Waals surface area contributed by atoms with Crippen LogP contribution < -0.4 is 26.4 Å². The molecule has 3 aromatic rings. The molecule has 362 valence electrons. The Kier molecular flexibility index (Phi) is 14.5. The molecule has 68 heavy (non-hydrogen) atoms. The highest BCUT2D eigenvalue weighted by Gasteiger charge is 2.49. The van der Waals surface area contributed by atoms with E-state index in [4.69, 9.17) is 20.2 Å². The van der Waals surface area contributed by atoms with E-state index < -0.39 is 18.3 Å². The molecule has 11 atom stereocenters. The van der Waals surface area contributed by atoms with Crippen molar-refractivity contribution in [2.45, 2.75) is 127 Å². The van der Waals surface area contributed by atoms with Gasteiger partial charge < -0.3 is 46.1 Å². The first-order valence-electron chi connectivity index (χ1n) is 25.9. The van der Waals surface area contributed by atoms with E-state index in [-0.39, 0.29) is 42.9 Å². The highest BCUT2D eigenvalue weighted by molar-refractivity contribution is 6.03. The third-order valence-corrected chi connectivity index (χ3v) is 16.7. The Labute approximate surface area is 401 Å². The fourth-order valence-electron chi connectivity index (χ4n) is 13.1. The van der Waals surface area contributed by atoms with Gasteiger partial charge in [0.05, 0.1) is 36.1 Å². The molecule has 0 radical (unpaired) electrons. The molecule has 0 aromatic heterocycles. The lowest BCUT2D eigenvalue weighted by atomic mass is 9.67. The number of fused-ring (bicyclic) bond motifs is 6. The zero-order valence-electron chi connectivity index (χ0n) is 39.8. The Morgan fingerprint density at radius 1 is 1.03 bits per heavy atom. The maximum absolute atomic E-state index is 11.7. The predicted octanol–water partition coefficient (Wildman–Crippen LogP) is 6.38. The highest BCUT2D eigenvalue weighted by atomic mass is 16.5. The first kappa shape index (κ1) is 47.2. The summed E-state index contributed by atoms with van der Waals surface area (Å²) in [5, 5.41) is 61.9. The van der Waals surface area contributed by atoms with Crippen LogP contribution in [0.3, 0.4) is 0 Å². The second kappa shape index (κ2) is 20.9. The summed E-state index contributed by atoms with van der Waals surface area (Å²) in [7, 11) is 0. The van der Waals surface area contributed by atoms with Gasteiger partial charge in [0.1, 0.15) is 30.4 Å². The number of nitrogens with zero attached hydrogens (tertiary/aromatic N) is 2. The summed E-state index contributed by atoms with van der Waals surface area (Å²) in [5.41, 5.74) is 12.7. The van der Waals surface area contributed by atoms with Crippen LogP contribution in [0, 0.1) is 47.5 Å². The second-order valence-corrected chi connectivity index (χ2v) is 21.2. The molecule has 0 bridgehead atoms. The summed E-state index contributed by atoms with van der Waals surface area (Å²) >= 11 is 0. The van der Waals surface area contributed by atoms with Gasteiger partial charge in [0, 0.05) is 44.5 Å². The number of hydrogen-bond donors (Lipinski definition) is 7. The number of aromatic hydroxyl groups is 1. The zero-order chi connectivity index (χ0) is 46.9. The van der Waals surface area contributed by atoms with E-state index in [1.165, 1.54) is 35.8 Å². The number of ether oxygens (including phenoxy) is 2. The molecule has 3 saturated carbocycles. The number of rotatable bonds is 18. The minimum atomic E-state index is -0.938. The van der Waals surface area contributed by atoms with E-state index in [0.29, 0.717) is 54.5 Å². The lowest BCUT2D eigenvalue weighted by molar-refractivity contribution is -0.0553. The van der Waals surface area contributed by atoms with E-state index in [0.717, 1.165) is 116 Å².